The molecule has 0 amide bonds. The molecule has 0 aliphatic rings. The Bertz CT molecular complexity index is 1250. The maximum atomic E-state index is 3.92. The first-order valence-corrected chi connectivity index (χ1v) is 11.2. The second kappa shape index (κ2) is 9.19. The summed E-state index contributed by atoms with van der Waals surface area (Å²) in [5.41, 5.74) is 6.00. The van der Waals surface area contributed by atoms with E-state index in [9.17, 15) is 0 Å². The zero-order valence-corrected chi connectivity index (χ0v) is 19.1. The van der Waals surface area contributed by atoms with Gasteiger partial charge in [-0.25, -0.2) is 0 Å². The van der Waals surface area contributed by atoms with Gasteiger partial charge in [0.1, 0.15) is 4.70 Å². The van der Waals surface area contributed by atoms with Gasteiger partial charge in [-0.15, -0.1) is 0 Å². The fraction of sp³-hybridized carbons (Fsp3) is 0.148. The lowest BCUT2D eigenvalue weighted by Crippen LogP contribution is -2.33. The van der Waals surface area contributed by atoms with Gasteiger partial charge in [0.15, 0.2) is 6.54 Å². The number of benzene rings is 2. The summed E-state index contributed by atoms with van der Waals surface area (Å²) in [6.45, 7) is 4.73. The molecular weight excluding hydrogens is 398 g/mol. The highest BCUT2D eigenvalue weighted by atomic mass is 32.1. The van der Waals surface area contributed by atoms with Gasteiger partial charge in [0.2, 0.25) is 5.52 Å². The van der Waals surface area contributed by atoms with E-state index >= 15 is 0 Å². The first-order valence-electron chi connectivity index (χ1n) is 10.4. The molecule has 0 atom stereocenters. The fourth-order valence-corrected chi connectivity index (χ4v) is 4.67. The normalized spacial score (nSPS) is 11.7. The molecule has 0 saturated carbocycles. The molecule has 2 aromatic heterocycles. The van der Waals surface area contributed by atoms with Gasteiger partial charge in [0.25, 0.3) is 5.01 Å². The van der Waals surface area contributed by atoms with Crippen LogP contribution in [-0.2, 0) is 13.6 Å². The van der Waals surface area contributed by atoms with E-state index in [1.54, 1.807) is 0 Å². The Balaban J connectivity index is 1.56. The van der Waals surface area contributed by atoms with Crippen molar-refractivity contribution < 1.29 is 4.57 Å². The summed E-state index contributed by atoms with van der Waals surface area (Å²) in [7, 11) is 6.22. The average Bonchev–Trinajstić information content (AvgIpc) is 3.31. The Morgan fingerprint density at radius 3 is 2.26 bits per heavy atom. The SMILES string of the molecule is C=CC[n+]1c(/C=C/c2ccc(/C=C/c3ccc(N(C)C)cc3)n2C)sc2ccccc21. The molecule has 0 spiro atoms. The molecule has 0 unspecified atom stereocenters. The smallest absolute Gasteiger partial charge is 0.263 e. The lowest BCUT2D eigenvalue weighted by atomic mass is 10.2. The molecule has 4 heteroatoms. The zero-order valence-electron chi connectivity index (χ0n) is 18.3. The van der Waals surface area contributed by atoms with Gasteiger partial charge in [0.05, 0.1) is 0 Å². The molecule has 0 aliphatic heterocycles. The van der Waals surface area contributed by atoms with Crippen molar-refractivity contribution in [3.05, 3.63) is 95.3 Å². The second-order valence-corrected chi connectivity index (χ2v) is 8.76. The quantitative estimate of drug-likeness (QED) is 0.256. The second-order valence-electron chi connectivity index (χ2n) is 7.70. The van der Waals surface area contributed by atoms with Crippen LogP contribution >= 0.6 is 11.3 Å². The van der Waals surface area contributed by atoms with Gasteiger partial charge in [-0.3, -0.25) is 0 Å². The van der Waals surface area contributed by atoms with Crippen LogP contribution in [0.15, 0.2) is 73.3 Å². The lowest BCUT2D eigenvalue weighted by Gasteiger charge is -2.11. The molecule has 0 bridgehead atoms. The van der Waals surface area contributed by atoms with Gasteiger partial charge >= 0.3 is 0 Å². The number of rotatable bonds is 7. The van der Waals surface area contributed by atoms with Gasteiger partial charge < -0.3 is 9.47 Å². The van der Waals surface area contributed by atoms with Gasteiger partial charge in [0, 0.05) is 50.4 Å². The number of anilines is 1. The number of fused-ring (bicyclic) bond motifs is 1. The molecule has 31 heavy (non-hydrogen) atoms. The van der Waals surface area contributed by atoms with Crippen molar-refractivity contribution in [3.63, 3.8) is 0 Å². The Hall–Kier alpha value is -3.37. The average molecular weight is 427 g/mol. The predicted octanol–water partition coefficient (Wildman–Crippen LogP) is 6.12. The van der Waals surface area contributed by atoms with Crippen molar-refractivity contribution in [1.82, 2.24) is 4.57 Å². The molecule has 0 aliphatic carbocycles. The van der Waals surface area contributed by atoms with E-state index < -0.39 is 0 Å². The number of para-hydroxylation sites is 1. The molecule has 0 N–H and O–H groups in total. The Morgan fingerprint density at radius 2 is 1.58 bits per heavy atom. The van der Waals surface area contributed by atoms with E-state index in [-0.39, 0.29) is 0 Å². The summed E-state index contributed by atoms with van der Waals surface area (Å²) in [6.07, 6.45) is 10.7. The molecule has 156 valence electrons. The molecule has 0 radical (unpaired) electrons. The first-order chi connectivity index (χ1) is 15.1. The molecule has 3 nitrogen and oxygen atoms in total. The Kier molecular flexibility index (Phi) is 6.19. The van der Waals surface area contributed by atoms with Crippen LogP contribution in [0.4, 0.5) is 5.69 Å². The minimum atomic E-state index is 0.803. The van der Waals surface area contributed by atoms with E-state index in [4.69, 9.17) is 0 Å². The van der Waals surface area contributed by atoms with E-state index in [1.807, 2.05) is 17.4 Å². The summed E-state index contributed by atoms with van der Waals surface area (Å²) in [5.74, 6) is 0. The van der Waals surface area contributed by atoms with Crippen LogP contribution in [-0.4, -0.2) is 18.7 Å². The highest BCUT2D eigenvalue weighted by Gasteiger charge is 2.16. The van der Waals surface area contributed by atoms with Crippen molar-refractivity contribution in [1.29, 1.82) is 0 Å². The van der Waals surface area contributed by atoms with E-state index in [1.165, 1.54) is 37.9 Å². The number of allylic oxidation sites excluding steroid dienone is 1. The first kappa shape index (κ1) is 20.9. The molecule has 4 rings (SSSR count). The van der Waals surface area contributed by atoms with Crippen LogP contribution in [0, 0.1) is 0 Å². The number of nitrogens with zero attached hydrogens (tertiary/aromatic N) is 3. The topological polar surface area (TPSA) is 12.1 Å². The van der Waals surface area contributed by atoms with Crippen LogP contribution in [0.3, 0.4) is 0 Å². The summed E-state index contributed by atoms with van der Waals surface area (Å²) in [6, 6.07) is 21.4. The third-order valence-corrected chi connectivity index (χ3v) is 6.53. The standard InChI is InChI=1S/C27H28N3S/c1-5-20-30-25-8-6-7-9-26(25)31-27(30)19-18-24-17-16-23(29(24)4)15-12-21-10-13-22(14-11-21)28(2)3/h5-19H,1,20H2,2-4H3/q+1. The van der Waals surface area contributed by atoms with E-state index in [0.29, 0.717) is 0 Å². The van der Waals surface area contributed by atoms with Crippen molar-refractivity contribution >= 4 is 51.5 Å². The summed E-state index contributed by atoms with van der Waals surface area (Å²) in [5, 5.41) is 1.22. The highest BCUT2D eigenvalue weighted by molar-refractivity contribution is 7.18. The Labute approximate surface area is 188 Å². The van der Waals surface area contributed by atoms with Crippen LogP contribution in [0.1, 0.15) is 22.0 Å². The Morgan fingerprint density at radius 1 is 0.903 bits per heavy atom. The minimum absolute atomic E-state index is 0.803. The largest absolute Gasteiger partial charge is 0.378 e. The van der Waals surface area contributed by atoms with Crippen LogP contribution in [0.25, 0.3) is 34.5 Å². The van der Waals surface area contributed by atoms with Crippen molar-refractivity contribution in [3.8, 4) is 0 Å². The molecule has 0 saturated heterocycles. The highest BCUT2D eigenvalue weighted by Crippen LogP contribution is 2.22. The predicted molar refractivity (Wildman–Crippen MR) is 136 cm³/mol. The number of thiazole rings is 1. The third kappa shape index (κ3) is 4.54. The van der Waals surface area contributed by atoms with Gasteiger partial charge in [-0.1, -0.05) is 48.3 Å². The maximum absolute atomic E-state index is 3.92. The van der Waals surface area contributed by atoms with Gasteiger partial charge in [-0.2, -0.15) is 4.57 Å². The zero-order chi connectivity index (χ0) is 21.8. The van der Waals surface area contributed by atoms with Crippen LogP contribution in [0.2, 0.25) is 0 Å². The van der Waals surface area contributed by atoms with E-state index in [0.717, 1.165) is 6.54 Å². The van der Waals surface area contributed by atoms with Crippen molar-refractivity contribution in [2.45, 2.75) is 6.54 Å². The summed E-state index contributed by atoms with van der Waals surface area (Å²) < 4.78 is 5.82. The third-order valence-electron chi connectivity index (χ3n) is 5.40. The molecule has 2 heterocycles. The summed E-state index contributed by atoms with van der Waals surface area (Å²) in [4.78, 5) is 2.11. The van der Waals surface area contributed by atoms with Crippen molar-refractivity contribution in [2.75, 3.05) is 19.0 Å². The minimum Gasteiger partial charge on any atom is -0.378 e. The number of aromatic nitrogens is 2. The summed E-state index contributed by atoms with van der Waals surface area (Å²) >= 11 is 1.81. The molecule has 2 aromatic carbocycles. The van der Waals surface area contributed by atoms with E-state index in [2.05, 4.69) is 127 Å². The monoisotopic (exact) mass is 426 g/mol. The van der Waals surface area contributed by atoms with Gasteiger partial charge in [-0.05, 0) is 54.1 Å². The number of hydrogen-bond acceptors (Lipinski definition) is 2. The fourth-order valence-electron chi connectivity index (χ4n) is 3.59. The molecule has 4 aromatic rings. The lowest BCUT2D eigenvalue weighted by molar-refractivity contribution is -0.658. The number of hydrogen-bond donors (Lipinski definition) is 0. The van der Waals surface area contributed by atoms with Crippen LogP contribution < -0.4 is 9.47 Å². The molecule has 0 fully saturated rings. The molecular formula is C27H28N3S+. The van der Waals surface area contributed by atoms with Crippen molar-refractivity contribution in [2.24, 2.45) is 7.05 Å². The maximum Gasteiger partial charge on any atom is 0.263 e. The van der Waals surface area contributed by atoms with Crippen LogP contribution in [0.5, 0.6) is 0 Å².